The molecule has 0 bridgehead atoms. The summed E-state index contributed by atoms with van der Waals surface area (Å²) < 4.78 is 84.3. The third kappa shape index (κ3) is 8.46. The van der Waals surface area contributed by atoms with Gasteiger partial charge in [-0.15, -0.1) is 0 Å². The molecule has 0 saturated carbocycles. The molecule has 0 atom stereocenters. The van der Waals surface area contributed by atoms with Crippen molar-refractivity contribution in [1.82, 2.24) is 0 Å². The minimum Gasteiger partial charge on any atom is -0.487 e. The normalized spacial score (nSPS) is 11.9. The molecule has 236 valence electrons. The van der Waals surface area contributed by atoms with Crippen LogP contribution in [0, 0.1) is 11.2 Å². The Morgan fingerprint density at radius 1 is 0.932 bits per heavy atom. The van der Waals surface area contributed by atoms with Crippen molar-refractivity contribution in [1.29, 1.82) is 0 Å². The largest absolute Gasteiger partial charge is 0.487 e. The van der Waals surface area contributed by atoms with Crippen molar-refractivity contribution < 1.29 is 45.5 Å². The van der Waals surface area contributed by atoms with Crippen LogP contribution in [0.2, 0.25) is 15.1 Å². The number of ether oxygens (including phenoxy) is 1. The first kappa shape index (κ1) is 35.2. The van der Waals surface area contributed by atoms with Crippen LogP contribution in [-0.2, 0) is 17.6 Å². The molecule has 3 aromatic carbocycles. The van der Waals surface area contributed by atoms with E-state index in [1.165, 1.54) is 42.5 Å². The quantitative estimate of drug-likeness (QED) is 0.153. The highest BCUT2D eigenvalue weighted by molar-refractivity contribution is 6.40. The van der Waals surface area contributed by atoms with Gasteiger partial charge in [-0.05, 0) is 67.8 Å². The molecule has 0 aliphatic carbocycles. The SMILES string of the molecule is CC(C)(C(=O)CCc1ccc(Cl)c(C(=O)Cc2ccc(OCC(F)F)c(C(=O)Nc3ccc(Cl)c(F)c3)c2)c1Cl)C(F)(F)F. The third-order valence-electron chi connectivity index (χ3n) is 6.67. The Balaban J connectivity index is 1.87. The third-order valence-corrected chi connectivity index (χ3v) is 7.73. The molecule has 0 saturated heterocycles. The lowest BCUT2D eigenvalue weighted by atomic mass is 9.84. The van der Waals surface area contributed by atoms with Gasteiger partial charge in [-0.1, -0.05) is 46.9 Å². The summed E-state index contributed by atoms with van der Waals surface area (Å²) in [4.78, 5) is 38.6. The molecule has 0 aromatic heterocycles. The predicted octanol–water partition coefficient (Wildman–Crippen LogP) is 9.20. The number of carbonyl (C=O) groups excluding carboxylic acids is 3. The highest BCUT2D eigenvalue weighted by Gasteiger charge is 2.52. The summed E-state index contributed by atoms with van der Waals surface area (Å²) in [5.41, 5.74) is -2.55. The average molecular weight is 683 g/mol. The molecule has 0 spiro atoms. The van der Waals surface area contributed by atoms with Crippen molar-refractivity contribution in [2.24, 2.45) is 5.41 Å². The van der Waals surface area contributed by atoms with E-state index in [1.54, 1.807) is 0 Å². The average Bonchev–Trinajstić information content (AvgIpc) is 2.93. The number of benzene rings is 3. The fourth-order valence-corrected chi connectivity index (χ4v) is 4.75. The number of nitrogens with one attached hydrogen (secondary N) is 1. The van der Waals surface area contributed by atoms with Crippen LogP contribution in [0.5, 0.6) is 5.75 Å². The Labute approximate surface area is 263 Å². The van der Waals surface area contributed by atoms with Gasteiger partial charge in [-0.25, -0.2) is 13.2 Å². The van der Waals surface area contributed by atoms with Crippen molar-refractivity contribution >= 4 is 58.0 Å². The van der Waals surface area contributed by atoms with Crippen LogP contribution in [0.25, 0.3) is 0 Å². The van der Waals surface area contributed by atoms with Gasteiger partial charge >= 0.3 is 6.18 Å². The molecule has 0 aliphatic rings. The Kier molecular flexibility index (Phi) is 11.4. The smallest absolute Gasteiger partial charge is 0.400 e. The number of anilines is 1. The number of alkyl halides is 5. The molecule has 0 heterocycles. The first-order valence-corrected chi connectivity index (χ1v) is 14.0. The second-order valence-electron chi connectivity index (χ2n) is 10.2. The molecule has 3 aromatic rings. The number of rotatable bonds is 12. The van der Waals surface area contributed by atoms with E-state index in [2.05, 4.69) is 5.32 Å². The lowest BCUT2D eigenvalue weighted by Gasteiger charge is -2.26. The number of Topliss-reactive ketones (excluding diaryl/α,β-unsaturated/α-hetero) is 2. The van der Waals surface area contributed by atoms with Crippen molar-refractivity contribution in [3.8, 4) is 5.75 Å². The van der Waals surface area contributed by atoms with Crippen LogP contribution in [0.3, 0.4) is 0 Å². The van der Waals surface area contributed by atoms with Gasteiger partial charge in [0.25, 0.3) is 12.3 Å². The van der Waals surface area contributed by atoms with Gasteiger partial charge in [0.05, 0.1) is 26.2 Å². The van der Waals surface area contributed by atoms with Crippen molar-refractivity contribution in [2.45, 2.75) is 45.7 Å². The van der Waals surface area contributed by atoms with Gasteiger partial charge in [0.1, 0.15) is 29.4 Å². The monoisotopic (exact) mass is 681 g/mol. The van der Waals surface area contributed by atoms with Crippen molar-refractivity contribution in [3.05, 3.63) is 91.7 Å². The van der Waals surface area contributed by atoms with Gasteiger partial charge in [-0.3, -0.25) is 14.4 Å². The number of aryl methyl sites for hydroxylation is 1. The van der Waals surface area contributed by atoms with E-state index in [0.29, 0.717) is 0 Å². The van der Waals surface area contributed by atoms with Crippen LogP contribution < -0.4 is 10.1 Å². The Morgan fingerprint density at radius 3 is 2.20 bits per heavy atom. The van der Waals surface area contributed by atoms with Crippen molar-refractivity contribution in [3.63, 3.8) is 0 Å². The fraction of sp³-hybridized carbons (Fsp3) is 0.300. The predicted molar refractivity (Wildman–Crippen MR) is 155 cm³/mol. The van der Waals surface area contributed by atoms with Gasteiger partial charge in [-0.2, -0.15) is 13.2 Å². The molecule has 0 aliphatic heterocycles. The first-order valence-electron chi connectivity index (χ1n) is 12.8. The molecule has 0 unspecified atom stereocenters. The summed E-state index contributed by atoms with van der Waals surface area (Å²) in [5, 5.41) is 2.00. The number of hydrogen-bond acceptors (Lipinski definition) is 4. The number of ketones is 2. The highest BCUT2D eigenvalue weighted by atomic mass is 35.5. The Morgan fingerprint density at radius 2 is 1.59 bits per heavy atom. The summed E-state index contributed by atoms with van der Waals surface area (Å²) in [7, 11) is 0. The molecular formula is C30H24Cl3F6NO4. The molecule has 1 N–H and O–H groups in total. The Hall–Kier alpha value is -3.28. The molecule has 14 heteroatoms. The summed E-state index contributed by atoms with van der Waals surface area (Å²) in [5.74, 6) is -3.63. The maximum Gasteiger partial charge on any atom is 0.400 e. The second kappa shape index (κ2) is 14.2. The number of hydrogen-bond donors (Lipinski definition) is 1. The van der Waals surface area contributed by atoms with Crippen LogP contribution >= 0.6 is 34.8 Å². The highest BCUT2D eigenvalue weighted by Crippen LogP contribution is 2.40. The standard InChI is InChI=1S/C30H24Cl3F6NO4/c1-29(2,30(37,38)39)24(42)10-5-16-4-7-20(32)26(27(16)33)22(41)12-15-3-9-23(44-14-25(35)36)18(11-15)28(43)40-17-6-8-19(31)21(34)13-17/h3-4,6-9,11,13,25H,5,10,12,14H2,1-2H3,(H,40,43). The number of amides is 1. The van der Waals surface area contributed by atoms with Gasteiger partial charge in [0.2, 0.25) is 0 Å². The zero-order chi connectivity index (χ0) is 33.0. The molecule has 0 radical (unpaired) electrons. The summed E-state index contributed by atoms with van der Waals surface area (Å²) >= 11 is 18.3. The molecule has 1 amide bonds. The van der Waals surface area contributed by atoms with Crippen LogP contribution in [0.15, 0.2) is 48.5 Å². The van der Waals surface area contributed by atoms with E-state index < -0.39 is 60.8 Å². The second-order valence-corrected chi connectivity index (χ2v) is 11.3. The van der Waals surface area contributed by atoms with Crippen LogP contribution in [-0.4, -0.2) is 36.7 Å². The van der Waals surface area contributed by atoms with Gasteiger partial charge in [0, 0.05) is 18.5 Å². The molecule has 5 nitrogen and oxygen atoms in total. The zero-order valence-corrected chi connectivity index (χ0v) is 25.3. The zero-order valence-electron chi connectivity index (χ0n) is 23.1. The molecule has 3 rings (SSSR count). The lowest BCUT2D eigenvalue weighted by molar-refractivity contribution is -0.210. The van der Waals surface area contributed by atoms with E-state index >= 15 is 0 Å². The number of halogens is 9. The lowest BCUT2D eigenvalue weighted by Crippen LogP contribution is -2.39. The van der Waals surface area contributed by atoms with Crippen LogP contribution in [0.4, 0.5) is 32.0 Å². The van der Waals surface area contributed by atoms with Crippen LogP contribution in [0.1, 0.15) is 52.1 Å². The van der Waals surface area contributed by atoms with Gasteiger partial charge < -0.3 is 10.1 Å². The fourth-order valence-electron chi connectivity index (χ4n) is 3.95. The minimum absolute atomic E-state index is 0.00525. The van der Waals surface area contributed by atoms with E-state index in [9.17, 15) is 40.7 Å². The van der Waals surface area contributed by atoms with Crippen molar-refractivity contribution in [2.75, 3.05) is 11.9 Å². The molecular weight excluding hydrogens is 659 g/mol. The van der Waals surface area contributed by atoms with E-state index in [0.717, 1.165) is 19.9 Å². The van der Waals surface area contributed by atoms with Gasteiger partial charge in [0.15, 0.2) is 5.78 Å². The summed E-state index contributed by atoms with van der Waals surface area (Å²) in [6.07, 6.45) is -8.70. The van der Waals surface area contributed by atoms with E-state index in [-0.39, 0.29) is 55.2 Å². The Bertz CT molecular complexity index is 1580. The van der Waals surface area contributed by atoms with E-state index in [1.807, 2.05) is 0 Å². The van der Waals surface area contributed by atoms with E-state index in [4.69, 9.17) is 39.5 Å². The maximum absolute atomic E-state index is 13.9. The topological polar surface area (TPSA) is 72.5 Å². The minimum atomic E-state index is -4.75. The molecule has 44 heavy (non-hydrogen) atoms. The summed E-state index contributed by atoms with van der Waals surface area (Å²) in [6, 6.07) is 9.94. The molecule has 0 fully saturated rings. The maximum atomic E-state index is 13.9. The number of carbonyl (C=O) groups is 3. The first-order chi connectivity index (χ1) is 20.4. The summed E-state index contributed by atoms with van der Waals surface area (Å²) in [6.45, 7) is 0.522.